The molecule has 18 heavy (non-hydrogen) atoms. The third-order valence-electron chi connectivity index (χ3n) is 3.17. The van der Waals surface area contributed by atoms with Crippen LogP contribution >= 0.6 is 27.5 Å². The molecular weight excluding hydrogens is 321 g/mol. The fraction of sp³-hybridized carbons (Fsp3) is 0.462. The van der Waals surface area contributed by atoms with Crippen molar-refractivity contribution in [3.63, 3.8) is 0 Å². The molecule has 0 heterocycles. The van der Waals surface area contributed by atoms with Crippen LogP contribution in [0.2, 0.25) is 5.02 Å². The first-order chi connectivity index (χ1) is 8.58. The molecule has 2 atom stereocenters. The lowest BCUT2D eigenvalue weighted by molar-refractivity contribution is 0.0930. The molecule has 1 fully saturated rings. The van der Waals surface area contributed by atoms with Gasteiger partial charge in [-0.05, 0) is 31.0 Å². The number of halogens is 3. The highest BCUT2D eigenvalue weighted by Gasteiger charge is 2.25. The quantitative estimate of drug-likeness (QED) is 0.816. The Morgan fingerprint density at radius 3 is 2.78 bits per heavy atom. The Morgan fingerprint density at radius 1 is 1.39 bits per heavy atom. The lowest BCUT2D eigenvalue weighted by Crippen LogP contribution is -2.42. The molecule has 1 aliphatic carbocycles. The molecule has 1 aromatic rings. The second kappa shape index (κ2) is 6.02. The van der Waals surface area contributed by atoms with E-state index < -0.39 is 5.82 Å². The molecule has 98 valence electrons. The third-order valence-corrected chi connectivity index (χ3v) is 4.58. The van der Waals surface area contributed by atoms with Crippen LogP contribution in [0.25, 0.3) is 0 Å². The average Bonchev–Trinajstić information content (AvgIpc) is 2.32. The first-order valence-corrected chi connectivity index (χ1v) is 7.27. The maximum absolute atomic E-state index is 12.9. The van der Waals surface area contributed by atoms with Crippen LogP contribution in [0.5, 0.6) is 0 Å². The maximum Gasteiger partial charge on any atom is 0.253 e. The van der Waals surface area contributed by atoms with Gasteiger partial charge in [0.05, 0.1) is 10.6 Å². The van der Waals surface area contributed by atoms with E-state index in [0.29, 0.717) is 10.4 Å². The van der Waals surface area contributed by atoms with Crippen LogP contribution in [0.4, 0.5) is 4.39 Å². The van der Waals surface area contributed by atoms with Gasteiger partial charge < -0.3 is 5.32 Å². The lowest BCUT2D eigenvalue weighted by Gasteiger charge is -2.28. The Labute approximate surface area is 119 Å². The molecule has 2 unspecified atom stereocenters. The Bertz CT molecular complexity index is 455. The molecule has 0 saturated heterocycles. The lowest BCUT2D eigenvalue weighted by atomic mass is 9.95. The van der Waals surface area contributed by atoms with Gasteiger partial charge in [-0.1, -0.05) is 40.4 Å². The van der Waals surface area contributed by atoms with Gasteiger partial charge in [-0.2, -0.15) is 0 Å². The first kappa shape index (κ1) is 13.8. The molecule has 0 radical (unpaired) electrons. The topological polar surface area (TPSA) is 29.1 Å². The normalized spacial score (nSPS) is 23.7. The van der Waals surface area contributed by atoms with E-state index in [1.54, 1.807) is 0 Å². The van der Waals surface area contributed by atoms with Crippen molar-refractivity contribution in [1.29, 1.82) is 0 Å². The first-order valence-electron chi connectivity index (χ1n) is 5.98. The van der Waals surface area contributed by atoms with Gasteiger partial charge in [0, 0.05) is 10.9 Å². The van der Waals surface area contributed by atoms with Crippen molar-refractivity contribution >= 4 is 33.4 Å². The van der Waals surface area contributed by atoms with E-state index in [0.717, 1.165) is 25.3 Å². The van der Waals surface area contributed by atoms with Crippen LogP contribution in [0.3, 0.4) is 0 Å². The van der Waals surface area contributed by atoms with E-state index in [1.807, 2.05) is 0 Å². The molecule has 0 spiro atoms. The summed E-state index contributed by atoms with van der Waals surface area (Å²) in [5.74, 6) is -0.677. The Kier molecular flexibility index (Phi) is 4.62. The van der Waals surface area contributed by atoms with Gasteiger partial charge in [0.1, 0.15) is 5.82 Å². The van der Waals surface area contributed by atoms with Crippen LogP contribution in [0, 0.1) is 5.82 Å². The molecule has 2 rings (SSSR count). The highest BCUT2D eigenvalue weighted by atomic mass is 79.9. The zero-order chi connectivity index (χ0) is 13.1. The summed E-state index contributed by atoms with van der Waals surface area (Å²) in [5, 5.41) is 3.10. The smallest absolute Gasteiger partial charge is 0.253 e. The number of rotatable bonds is 2. The van der Waals surface area contributed by atoms with Crippen molar-refractivity contribution in [1.82, 2.24) is 5.32 Å². The number of benzene rings is 1. The predicted molar refractivity (Wildman–Crippen MR) is 73.8 cm³/mol. The molecular formula is C13H14BrClFNO. The highest BCUT2D eigenvalue weighted by Crippen LogP contribution is 2.25. The summed E-state index contributed by atoms with van der Waals surface area (Å²) in [6.07, 6.45) is 4.31. The van der Waals surface area contributed by atoms with E-state index in [9.17, 15) is 9.18 Å². The van der Waals surface area contributed by atoms with E-state index in [2.05, 4.69) is 21.2 Å². The van der Waals surface area contributed by atoms with Crippen molar-refractivity contribution < 1.29 is 9.18 Å². The molecule has 1 saturated carbocycles. The number of carbonyl (C=O) groups is 1. The summed E-state index contributed by atoms with van der Waals surface area (Å²) in [5.41, 5.74) is 0.323. The number of hydrogen-bond acceptors (Lipinski definition) is 1. The van der Waals surface area contributed by atoms with Crippen molar-refractivity contribution in [3.05, 3.63) is 34.6 Å². The summed E-state index contributed by atoms with van der Waals surface area (Å²) in [7, 11) is 0. The minimum Gasteiger partial charge on any atom is -0.348 e. The van der Waals surface area contributed by atoms with Gasteiger partial charge in [-0.25, -0.2) is 4.39 Å². The van der Waals surface area contributed by atoms with E-state index >= 15 is 0 Å². The van der Waals surface area contributed by atoms with Crippen LogP contribution in [-0.4, -0.2) is 16.8 Å². The number of alkyl halides is 1. The average molecular weight is 335 g/mol. The fourth-order valence-corrected chi connectivity index (χ4v) is 3.14. The van der Waals surface area contributed by atoms with Gasteiger partial charge in [0.15, 0.2) is 0 Å². The van der Waals surface area contributed by atoms with E-state index in [-0.39, 0.29) is 17.0 Å². The maximum atomic E-state index is 12.9. The zero-order valence-electron chi connectivity index (χ0n) is 9.76. The standard InChI is InChI=1S/C13H14BrClFNO/c14-10-3-1-2-4-12(10)17-13(18)9-6-5-8(16)7-11(9)15/h5-7,10,12H,1-4H2,(H,17,18). The van der Waals surface area contributed by atoms with Gasteiger partial charge in [-0.3, -0.25) is 4.79 Å². The Hall–Kier alpha value is -0.610. The number of amides is 1. The summed E-state index contributed by atoms with van der Waals surface area (Å²) in [6, 6.07) is 3.93. The molecule has 1 N–H and O–H groups in total. The summed E-state index contributed by atoms with van der Waals surface area (Å²) in [4.78, 5) is 12.4. The molecule has 0 aliphatic heterocycles. The molecule has 5 heteroatoms. The van der Waals surface area contributed by atoms with Crippen molar-refractivity contribution in [2.75, 3.05) is 0 Å². The SMILES string of the molecule is O=C(NC1CCCCC1Br)c1ccc(F)cc1Cl. The predicted octanol–water partition coefficient (Wildman–Crippen LogP) is 3.92. The van der Waals surface area contributed by atoms with Crippen LogP contribution in [0.1, 0.15) is 36.0 Å². The Morgan fingerprint density at radius 2 is 2.11 bits per heavy atom. The van der Waals surface area contributed by atoms with Crippen molar-refractivity contribution in [2.24, 2.45) is 0 Å². The highest BCUT2D eigenvalue weighted by molar-refractivity contribution is 9.09. The van der Waals surface area contributed by atoms with Crippen LogP contribution < -0.4 is 5.32 Å². The van der Waals surface area contributed by atoms with Gasteiger partial charge >= 0.3 is 0 Å². The van der Waals surface area contributed by atoms with Gasteiger partial charge in [0.2, 0.25) is 0 Å². The zero-order valence-corrected chi connectivity index (χ0v) is 12.1. The summed E-state index contributed by atoms with van der Waals surface area (Å²) >= 11 is 9.44. The molecule has 1 aromatic carbocycles. The second-order valence-corrected chi connectivity index (χ2v) is 6.09. The molecule has 1 amide bonds. The molecule has 0 aromatic heterocycles. The monoisotopic (exact) mass is 333 g/mol. The van der Waals surface area contributed by atoms with Crippen LogP contribution in [0.15, 0.2) is 18.2 Å². The molecule has 1 aliphatic rings. The third kappa shape index (κ3) is 3.23. The largest absolute Gasteiger partial charge is 0.348 e. The minimum absolute atomic E-state index is 0.118. The summed E-state index contributed by atoms with van der Waals surface area (Å²) in [6.45, 7) is 0. The van der Waals surface area contributed by atoms with E-state index in [1.165, 1.54) is 18.6 Å². The van der Waals surface area contributed by atoms with Crippen molar-refractivity contribution in [2.45, 2.75) is 36.6 Å². The minimum atomic E-state index is -0.437. The molecule has 0 bridgehead atoms. The Balaban J connectivity index is 2.07. The molecule has 2 nitrogen and oxygen atoms in total. The second-order valence-electron chi connectivity index (χ2n) is 4.50. The van der Waals surface area contributed by atoms with Gasteiger partial charge in [-0.15, -0.1) is 0 Å². The van der Waals surface area contributed by atoms with Crippen LogP contribution in [-0.2, 0) is 0 Å². The fourth-order valence-electron chi connectivity index (χ4n) is 2.17. The van der Waals surface area contributed by atoms with Gasteiger partial charge in [0.25, 0.3) is 5.91 Å². The number of nitrogens with one attached hydrogen (secondary N) is 1. The number of carbonyl (C=O) groups excluding carboxylic acids is 1. The van der Waals surface area contributed by atoms with E-state index in [4.69, 9.17) is 11.6 Å². The van der Waals surface area contributed by atoms with Crippen molar-refractivity contribution in [3.8, 4) is 0 Å². The number of hydrogen-bond donors (Lipinski definition) is 1. The summed E-state index contributed by atoms with van der Waals surface area (Å²) < 4.78 is 12.9.